The van der Waals surface area contributed by atoms with E-state index in [1.807, 2.05) is 0 Å². The van der Waals surface area contributed by atoms with E-state index in [9.17, 15) is 4.79 Å². The molecule has 0 fully saturated rings. The third kappa shape index (κ3) is 2.88. The molecule has 0 atom stereocenters. The Morgan fingerprint density at radius 2 is 2.14 bits per heavy atom. The summed E-state index contributed by atoms with van der Waals surface area (Å²) >= 11 is 6.16. The standard InChI is InChI=1S/C15H15ClN2O3/c1-8(2)3-10-6-13(19)18-15(17-10)9-4-11(16)14-12(5-9)20-7-21-14/h4-6,8H,3,7H2,1-2H3,(H,17,18,19). The molecule has 0 saturated carbocycles. The third-order valence-corrected chi connectivity index (χ3v) is 3.39. The first-order valence-corrected chi connectivity index (χ1v) is 7.10. The minimum atomic E-state index is -0.176. The highest BCUT2D eigenvalue weighted by atomic mass is 35.5. The van der Waals surface area contributed by atoms with Crippen LogP contribution >= 0.6 is 11.6 Å². The van der Waals surface area contributed by atoms with Crippen LogP contribution in [-0.4, -0.2) is 16.8 Å². The van der Waals surface area contributed by atoms with Crippen LogP contribution in [0, 0.1) is 5.92 Å². The molecule has 1 aromatic carbocycles. The van der Waals surface area contributed by atoms with Gasteiger partial charge in [-0.1, -0.05) is 25.4 Å². The highest BCUT2D eigenvalue weighted by Crippen LogP contribution is 2.41. The second-order valence-electron chi connectivity index (χ2n) is 5.38. The van der Waals surface area contributed by atoms with E-state index in [0.29, 0.717) is 33.8 Å². The summed E-state index contributed by atoms with van der Waals surface area (Å²) < 4.78 is 10.6. The van der Waals surface area contributed by atoms with Gasteiger partial charge in [0, 0.05) is 17.3 Å². The van der Waals surface area contributed by atoms with Gasteiger partial charge < -0.3 is 14.5 Å². The number of H-pyrrole nitrogens is 1. The van der Waals surface area contributed by atoms with E-state index in [-0.39, 0.29) is 12.4 Å². The minimum Gasteiger partial charge on any atom is -0.454 e. The van der Waals surface area contributed by atoms with Crippen molar-refractivity contribution < 1.29 is 9.47 Å². The van der Waals surface area contributed by atoms with Crippen molar-refractivity contribution in [1.29, 1.82) is 0 Å². The van der Waals surface area contributed by atoms with Crippen LogP contribution in [0.5, 0.6) is 11.5 Å². The number of ether oxygens (including phenoxy) is 2. The molecule has 1 aliphatic heterocycles. The monoisotopic (exact) mass is 306 g/mol. The summed E-state index contributed by atoms with van der Waals surface area (Å²) in [6.07, 6.45) is 0.745. The van der Waals surface area contributed by atoms with Gasteiger partial charge in [0.1, 0.15) is 5.82 Å². The fraction of sp³-hybridized carbons (Fsp3) is 0.333. The number of aromatic nitrogens is 2. The van der Waals surface area contributed by atoms with E-state index in [1.165, 1.54) is 6.07 Å². The molecule has 5 nitrogen and oxygen atoms in total. The Bertz CT molecular complexity index is 740. The molecule has 110 valence electrons. The van der Waals surface area contributed by atoms with Crippen LogP contribution in [0.1, 0.15) is 19.5 Å². The van der Waals surface area contributed by atoms with Crippen LogP contribution in [0.25, 0.3) is 11.4 Å². The molecule has 0 aliphatic carbocycles. The van der Waals surface area contributed by atoms with Crippen molar-refractivity contribution in [3.63, 3.8) is 0 Å². The molecule has 21 heavy (non-hydrogen) atoms. The lowest BCUT2D eigenvalue weighted by atomic mass is 10.1. The van der Waals surface area contributed by atoms with E-state index < -0.39 is 0 Å². The molecule has 0 spiro atoms. The van der Waals surface area contributed by atoms with Crippen LogP contribution in [0.15, 0.2) is 23.0 Å². The van der Waals surface area contributed by atoms with Gasteiger partial charge in [0.05, 0.1) is 5.02 Å². The highest BCUT2D eigenvalue weighted by molar-refractivity contribution is 6.32. The zero-order valence-corrected chi connectivity index (χ0v) is 12.5. The summed E-state index contributed by atoms with van der Waals surface area (Å²) in [5, 5.41) is 0.442. The molecule has 1 N–H and O–H groups in total. The van der Waals surface area contributed by atoms with Gasteiger partial charge in [-0.25, -0.2) is 4.98 Å². The summed E-state index contributed by atoms with van der Waals surface area (Å²) in [5.41, 5.74) is 1.29. The maximum atomic E-state index is 11.8. The highest BCUT2D eigenvalue weighted by Gasteiger charge is 2.19. The van der Waals surface area contributed by atoms with Crippen LogP contribution < -0.4 is 15.0 Å². The average molecular weight is 307 g/mol. The van der Waals surface area contributed by atoms with Gasteiger partial charge in [-0.15, -0.1) is 0 Å². The van der Waals surface area contributed by atoms with Crippen molar-refractivity contribution >= 4 is 11.6 Å². The molecule has 0 radical (unpaired) electrons. The summed E-state index contributed by atoms with van der Waals surface area (Å²) in [6, 6.07) is 5.01. The van der Waals surface area contributed by atoms with Crippen molar-refractivity contribution in [2.24, 2.45) is 5.92 Å². The predicted octanol–water partition coefficient (Wildman–Crippen LogP) is 3.02. The van der Waals surface area contributed by atoms with Gasteiger partial charge in [0.2, 0.25) is 6.79 Å². The molecular formula is C15H15ClN2O3. The quantitative estimate of drug-likeness (QED) is 0.946. The second kappa shape index (κ2) is 5.41. The van der Waals surface area contributed by atoms with Crippen LogP contribution in [0.2, 0.25) is 5.02 Å². The van der Waals surface area contributed by atoms with E-state index in [2.05, 4.69) is 23.8 Å². The maximum Gasteiger partial charge on any atom is 0.251 e. The number of fused-ring (bicyclic) bond motifs is 1. The van der Waals surface area contributed by atoms with E-state index in [1.54, 1.807) is 12.1 Å². The number of nitrogens with zero attached hydrogens (tertiary/aromatic N) is 1. The largest absolute Gasteiger partial charge is 0.454 e. The van der Waals surface area contributed by atoms with Crippen molar-refractivity contribution in [2.45, 2.75) is 20.3 Å². The molecule has 1 aromatic heterocycles. The lowest BCUT2D eigenvalue weighted by Crippen LogP contribution is -2.11. The van der Waals surface area contributed by atoms with E-state index in [0.717, 1.165) is 12.1 Å². The fourth-order valence-corrected chi connectivity index (χ4v) is 2.54. The van der Waals surface area contributed by atoms with E-state index >= 15 is 0 Å². The fourth-order valence-electron chi connectivity index (χ4n) is 2.27. The van der Waals surface area contributed by atoms with Gasteiger partial charge in [-0.05, 0) is 24.5 Å². The SMILES string of the molecule is CC(C)Cc1cc(=O)[nH]c(-c2cc(Cl)c3c(c2)OCO3)n1. The van der Waals surface area contributed by atoms with E-state index in [4.69, 9.17) is 21.1 Å². The number of benzene rings is 1. The molecule has 1 aliphatic rings. The van der Waals surface area contributed by atoms with Crippen LogP contribution in [0.3, 0.4) is 0 Å². The Morgan fingerprint density at radius 3 is 2.90 bits per heavy atom. The third-order valence-electron chi connectivity index (χ3n) is 3.11. The molecule has 0 amide bonds. The molecule has 0 unspecified atom stereocenters. The second-order valence-corrected chi connectivity index (χ2v) is 5.78. The normalized spacial score (nSPS) is 13.0. The molecular weight excluding hydrogens is 292 g/mol. The molecule has 6 heteroatoms. The van der Waals surface area contributed by atoms with Gasteiger partial charge >= 0.3 is 0 Å². The zero-order valence-electron chi connectivity index (χ0n) is 11.8. The number of nitrogens with one attached hydrogen (secondary N) is 1. The Morgan fingerprint density at radius 1 is 1.33 bits per heavy atom. The van der Waals surface area contributed by atoms with Crippen molar-refractivity contribution in [3.8, 4) is 22.9 Å². The zero-order chi connectivity index (χ0) is 15.0. The molecule has 2 heterocycles. The minimum absolute atomic E-state index is 0.149. The van der Waals surface area contributed by atoms with Crippen LogP contribution in [-0.2, 0) is 6.42 Å². The lowest BCUT2D eigenvalue weighted by Gasteiger charge is -2.08. The number of halogens is 1. The molecule has 2 aromatic rings. The summed E-state index contributed by atoms with van der Waals surface area (Å²) in [6.45, 7) is 4.32. The molecule has 0 saturated heterocycles. The number of aromatic amines is 1. The Kier molecular flexibility index (Phi) is 3.59. The summed E-state index contributed by atoms with van der Waals surface area (Å²) in [4.78, 5) is 19.0. The number of hydrogen-bond acceptors (Lipinski definition) is 4. The number of hydrogen-bond donors (Lipinski definition) is 1. The first-order valence-electron chi connectivity index (χ1n) is 6.72. The first kappa shape index (κ1) is 13.9. The lowest BCUT2D eigenvalue weighted by molar-refractivity contribution is 0.174. The molecule has 0 bridgehead atoms. The van der Waals surface area contributed by atoms with Gasteiger partial charge in [-0.3, -0.25) is 4.79 Å². The van der Waals surface area contributed by atoms with Gasteiger partial charge in [0.15, 0.2) is 11.5 Å². The Balaban J connectivity index is 2.06. The summed E-state index contributed by atoms with van der Waals surface area (Å²) in [7, 11) is 0. The smallest absolute Gasteiger partial charge is 0.251 e. The van der Waals surface area contributed by atoms with Crippen molar-refractivity contribution in [3.05, 3.63) is 39.3 Å². The van der Waals surface area contributed by atoms with Crippen LogP contribution in [0.4, 0.5) is 0 Å². The van der Waals surface area contributed by atoms with Crippen molar-refractivity contribution in [2.75, 3.05) is 6.79 Å². The average Bonchev–Trinajstić information content (AvgIpc) is 2.86. The molecule has 3 rings (SSSR count). The summed E-state index contributed by atoms with van der Waals surface area (Å²) in [5.74, 6) is 2.00. The topological polar surface area (TPSA) is 64.2 Å². The Labute approximate surface area is 126 Å². The number of rotatable bonds is 3. The Hall–Kier alpha value is -2.01. The van der Waals surface area contributed by atoms with Crippen molar-refractivity contribution in [1.82, 2.24) is 9.97 Å². The van der Waals surface area contributed by atoms with Gasteiger partial charge in [-0.2, -0.15) is 0 Å². The first-order chi connectivity index (χ1) is 10.0. The predicted molar refractivity (Wildman–Crippen MR) is 80.0 cm³/mol. The maximum absolute atomic E-state index is 11.8. The van der Waals surface area contributed by atoms with Gasteiger partial charge in [0.25, 0.3) is 5.56 Å².